The minimum Gasteiger partial charge on any atom is -0.480 e. The number of carbonyl (C=O) groups is 1. The zero-order chi connectivity index (χ0) is 14.0. The molecule has 0 spiro atoms. The molecule has 1 aromatic rings. The van der Waals surface area contributed by atoms with Gasteiger partial charge in [-0.1, -0.05) is 39.8 Å². The lowest BCUT2D eigenvalue weighted by Gasteiger charge is -2.26. The number of rotatable bonds is 4. The molecule has 0 saturated carbocycles. The predicted molar refractivity (Wildman–Crippen MR) is 75.1 cm³/mol. The van der Waals surface area contributed by atoms with E-state index in [9.17, 15) is 9.90 Å². The van der Waals surface area contributed by atoms with Crippen LogP contribution in [0.3, 0.4) is 0 Å². The Morgan fingerprint density at radius 2 is 1.67 bits per heavy atom. The second kappa shape index (κ2) is 5.01. The van der Waals surface area contributed by atoms with Crippen LogP contribution in [0.1, 0.15) is 46.6 Å². The highest BCUT2D eigenvalue weighted by Crippen LogP contribution is 2.25. The van der Waals surface area contributed by atoms with Crippen molar-refractivity contribution in [2.45, 2.75) is 52.0 Å². The lowest BCUT2D eigenvalue weighted by atomic mass is 9.87. The first kappa shape index (κ1) is 14.6. The molecule has 1 atom stereocenters. The molecule has 1 unspecified atom stereocenters. The maximum absolute atomic E-state index is 11.2. The predicted octanol–water partition coefficient (Wildman–Crippen LogP) is 3.65. The van der Waals surface area contributed by atoms with Crippen LogP contribution in [0.5, 0.6) is 0 Å². The number of benzene rings is 1. The molecule has 0 aliphatic carbocycles. The normalized spacial score (nSPS) is 14.9. The van der Waals surface area contributed by atoms with Crippen molar-refractivity contribution in [1.29, 1.82) is 0 Å². The molecule has 3 nitrogen and oxygen atoms in total. The van der Waals surface area contributed by atoms with E-state index in [2.05, 4.69) is 26.1 Å². The third kappa shape index (κ3) is 3.25. The summed E-state index contributed by atoms with van der Waals surface area (Å²) < 4.78 is 0. The van der Waals surface area contributed by atoms with E-state index in [0.717, 1.165) is 5.69 Å². The Balaban J connectivity index is 2.90. The van der Waals surface area contributed by atoms with Gasteiger partial charge in [0.05, 0.1) is 0 Å². The van der Waals surface area contributed by atoms with Crippen molar-refractivity contribution < 1.29 is 9.90 Å². The molecule has 0 bridgehead atoms. The molecule has 100 valence electrons. The SMILES string of the molecule is CCC(C)(Nc1ccc(C(C)(C)C)cc1)C(=O)O. The molecule has 0 fully saturated rings. The zero-order valence-electron chi connectivity index (χ0n) is 11.9. The second-order valence-electron chi connectivity index (χ2n) is 5.94. The third-order valence-corrected chi connectivity index (χ3v) is 3.35. The standard InChI is InChI=1S/C15H23NO2/c1-6-15(5,13(17)18)16-12-9-7-11(8-10-12)14(2,3)4/h7-10,16H,6H2,1-5H3,(H,17,18). The molecule has 0 amide bonds. The number of aliphatic carboxylic acids is 1. The lowest BCUT2D eigenvalue weighted by Crippen LogP contribution is -2.42. The summed E-state index contributed by atoms with van der Waals surface area (Å²) in [6, 6.07) is 7.97. The van der Waals surface area contributed by atoms with Crippen molar-refractivity contribution in [3.8, 4) is 0 Å². The molecule has 0 aliphatic rings. The minimum atomic E-state index is -0.913. The number of hydrogen-bond donors (Lipinski definition) is 2. The molecule has 2 N–H and O–H groups in total. The molecule has 18 heavy (non-hydrogen) atoms. The molecule has 3 heteroatoms. The third-order valence-electron chi connectivity index (χ3n) is 3.35. The van der Waals surface area contributed by atoms with Gasteiger partial charge in [0.25, 0.3) is 0 Å². The highest BCUT2D eigenvalue weighted by molar-refractivity contribution is 5.82. The Morgan fingerprint density at radius 1 is 1.17 bits per heavy atom. The topological polar surface area (TPSA) is 49.3 Å². The minimum absolute atomic E-state index is 0.111. The fraction of sp³-hybridized carbons (Fsp3) is 0.533. The van der Waals surface area contributed by atoms with Crippen molar-refractivity contribution in [1.82, 2.24) is 0 Å². The number of carboxylic acids is 1. The first-order chi connectivity index (χ1) is 8.19. The van der Waals surface area contributed by atoms with Crippen molar-refractivity contribution in [2.75, 3.05) is 5.32 Å². The van der Waals surface area contributed by atoms with Gasteiger partial charge in [0, 0.05) is 5.69 Å². The van der Waals surface area contributed by atoms with Gasteiger partial charge in [0.2, 0.25) is 0 Å². The Kier molecular flexibility index (Phi) is 4.05. The maximum Gasteiger partial charge on any atom is 0.329 e. The molecule has 0 aromatic heterocycles. The van der Waals surface area contributed by atoms with E-state index in [1.54, 1.807) is 6.92 Å². The van der Waals surface area contributed by atoms with Gasteiger partial charge in [0.1, 0.15) is 5.54 Å². The average Bonchev–Trinajstić information content (AvgIpc) is 2.28. The summed E-state index contributed by atoms with van der Waals surface area (Å²) in [6.07, 6.45) is 0.531. The van der Waals surface area contributed by atoms with Gasteiger partial charge in [-0.3, -0.25) is 0 Å². The molecule has 0 heterocycles. The largest absolute Gasteiger partial charge is 0.480 e. The lowest BCUT2D eigenvalue weighted by molar-refractivity contribution is -0.141. The van der Waals surface area contributed by atoms with Crippen LogP contribution < -0.4 is 5.32 Å². The molecule has 1 rings (SSSR count). The van der Waals surface area contributed by atoms with E-state index < -0.39 is 11.5 Å². The van der Waals surface area contributed by atoms with Crippen molar-refractivity contribution in [3.63, 3.8) is 0 Å². The molecular formula is C15H23NO2. The van der Waals surface area contributed by atoms with Crippen LogP contribution in [-0.2, 0) is 10.2 Å². The summed E-state index contributed by atoms with van der Waals surface area (Å²) in [5.74, 6) is -0.829. The fourth-order valence-electron chi connectivity index (χ4n) is 1.67. The van der Waals surface area contributed by atoms with E-state index in [-0.39, 0.29) is 5.41 Å². The first-order valence-electron chi connectivity index (χ1n) is 6.31. The number of nitrogens with one attached hydrogen (secondary N) is 1. The average molecular weight is 249 g/mol. The van der Waals surface area contributed by atoms with E-state index in [1.807, 2.05) is 31.2 Å². The van der Waals surface area contributed by atoms with Crippen molar-refractivity contribution in [3.05, 3.63) is 29.8 Å². The van der Waals surface area contributed by atoms with Crippen LogP contribution >= 0.6 is 0 Å². The van der Waals surface area contributed by atoms with Gasteiger partial charge < -0.3 is 10.4 Å². The number of anilines is 1. The van der Waals surface area contributed by atoms with Gasteiger partial charge in [-0.15, -0.1) is 0 Å². The van der Waals surface area contributed by atoms with Gasteiger partial charge in [-0.2, -0.15) is 0 Å². The highest BCUT2D eigenvalue weighted by atomic mass is 16.4. The maximum atomic E-state index is 11.2. The van der Waals surface area contributed by atoms with E-state index in [1.165, 1.54) is 5.56 Å². The Labute approximate surface area is 109 Å². The van der Waals surface area contributed by atoms with Crippen LogP contribution in [0.4, 0.5) is 5.69 Å². The second-order valence-corrected chi connectivity index (χ2v) is 5.94. The smallest absolute Gasteiger partial charge is 0.329 e. The zero-order valence-corrected chi connectivity index (χ0v) is 11.9. The van der Waals surface area contributed by atoms with E-state index in [0.29, 0.717) is 6.42 Å². The van der Waals surface area contributed by atoms with Gasteiger partial charge >= 0.3 is 5.97 Å². The van der Waals surface area contributed by atoms with E-state index >= 15 is 0 Å². The quantitative estimate of drug-likeness (QED) is 0.856. The number of carboxylic acid groups (broad SMARTS) is 1. The van der Waals surface area contributed by atoms with E-state index in [4.69, 9.17) is 0 Å². The fourth-order valence-corrected chi connectivity index (χ4v) is 1.67. The summed E-state index contributed by atoms with van der Waals surface area (Å²) in [4.78, 5) is 11.2. The Bertz CT molecular complexity index is 417. The first-order valence-corrected chi connectivity index (χ1v) is 6.31. The summed E-state index contributed by atoms with van der Waals surface area (Å²) in [5.41, 5.74) is 1.28. The number of hydrogen-bond acceptors (Lipinski definition) is 2. The molecule has 0 radical (unpaired) electrons. The summed E-state index contributed by atoms with van der Waals surface area (Å²) in [6.45, 7) is 10.0. The highest BCUT2D eigenvalue weighted by Gasteiger charge is 2.30. The van der Waals surface area contributed by atoms with Crippen LogP contribution in [0, 0.1) is 0 Å². The van der Waals surface area contributed by atoms with Crippen molar-refractivity contribution >= 4 is 11.7 Å². The summed E-state index contributed by atoms with van der Waals surface area (Å²) >= 11 is 0. The molecule has 0 saturated heterocycles. The molecular weight excluding hydrogens is 226 g/mol. The van der Waals surface area contributed by atoms with Crippen molar-refractivity contribution in [2.24, 2.45) is 0 Å². The summed E-state index contributed by atoms with van der Waals surface area (Å²) in [7, 11) is 0. The monoisotopic (exact) mass is 249 g/mol. The van der Waals surface area contributed by atoms with Crippen LogP contribution in [-0.4, -0.2) is 16.6 Å². The van der Waals surface area contributed by atoms with Gasteiger partial charge in [-0.05, 0) is 36.5 Å². The molecule has 1 aromatic carbocycles. The van der Waals surface area contributed by atoms with Crippen LogP contribution in [0.15, 0.2) is 24.3 Å². The van der Waals surface area contributed by atoms with Gasteiger partial charge in [0.15, 0.2) is 0 Å². The summed E-state index contributed by atoms with van der Waals surface area (Å²) in [5, 5.41) is 12.3. The Morgan fingerprint density at radius 3 is 2.00 bits per heavy atom. The van der Waals surface area contributed by atoms with Crippen LogP contribution in [0.2, 0.25) is 0 Å². The van der Waals surface area contributed by atoms with Crippen LogP contribution in [0.25, 0.3) is 0 Å². The molecule has 0 aliphatic heterocycles. The van der Waals surface area contributed by atoms with Gasteiger partial charge in [-0.25, -0.2) is 4.79 Å². The Hall–Kier alpha value is -1.51.